The lowest BCUT2D eigenvalue weighted by Gasteiger charge is -2.15. The Hall–Kier alpha value is -3.16. The molecule has 0 saturated carbocycles. The van der Waals surface area contributed by atoms with Crippen LogP contribution in [-0.2, 0) is 10.0 Å². The maximum atomic E-state index is 12.7. The average Bonchev–Trinajstić information content (AvgIpc) is 2.74. The van der Waals surface area contributed by atoms with E-state index in [1.54, 1.807) is 12.1 Å². The molecule has 0 bridgehead atoms. The molecule has 0 saturated heterocycles. The third kappa shape index (κ3) is 4.47. The van der Waals surface area contributed by atoms with Gasteiger partial charge in [-0.1, -0.05) is 42.5 Å². The first-order valence-electron chi connectivity index (χ1n) is 8.90. The van der Waals surface area contributed by atoms with E-state index in [0.29, 0.717) is 5.69 Å². The molecule has 0 aliphatic carbocycles. The lowest BCUT2D eigenvalue weighted by atomic mass is 10.1. The summed E-state index contributed by atoms with van der Waals surface area (Å²) < 4.78 is 31.3. The monoisotopic (exact) mass is 410 g/mol. The minimum absolute atomic E-state index is 0.0583. The van der Waals surface area contributed by atoms with Crippen LogP contribution in [0, 0.1) is 0 Å². The summed E-state index contributed by atoms with van der Waals surface area (Å²) >= 11 is 0. The normalized spacial score (nSPS) is 11.3. The molecule has 29 heavy (non-hydrogen) atoms. The van der Waals surface area contributed by atoms with E-state index >= 15 is 0 Å². The van der Waals surface area contributed by atoms with Crippen LogP contribution < -0.4 is 10.1 Å². The van der Waals surface area contributed by atoms with Crippen LogP contribution in [0.3, 0.4) is 0 Å². The van der Waals surface area contributed by atoms with E-state index in [1.165, 1.54) is 39.4 Å². The van der Waals surface area contributed by atoms with Crippen LogP contribution >= 0.6 is 0 Å². The maximum Gasteiger partial charge on any atom is 0.255 e. The topological polar surface area (TPSA) is 75.7 Å². The average molecular weight is 410 g/mol. The Bertz CT molecular complexity index is 1110. The highest BCUT2D eigenvalue weighted by Gasteiger charge is 2.24. The fourth-order valence-corrected chi connectivity index (χ4v) is 3.87. The number of amides is 1. The first-order chi connectivity index (χ1) is 13.8. The molecular formula is C22H22N2O4S. The molecule has 0 spiro atoms. The van der Waals surface area contributed by atoms with E-state index in [2.05, 4.69) is 5.32 Å². The molecule has 3 aromatic carbocycles. The molecule has 1 N–H and O–H groups in total. The Balaban J connectivity index is 1.84. The molecule has 0 fully saturated rings. The lowest BCUT2D eigenvalue weighted by molar-refractivity contribution is 0.102. The molecule has 1 amide bonds. The standard InChI is InChI=1S/C22H22N2O4S/c1-24(2)29(26,27)21-15-18(11-14-20(21)28-3)22(25)23-19-12-9-17(10-13-19)16-7-5-4-6-8-16/h4-15H,1-3H3,(H,23,25). The molecule has 0 heterocycles. The number of methoxy groups -OCH3 is 1. The summed E-state index contributed by atoms with van der Waals surface area (Å²) in [6.07, 6.45) is 0. The maximum absolute atomic E-state index is 12.7. The number of nitrogens with one attached hydrogen (secondary N) is 1. The molecular weight excluding hydrogens is 388 g/mol. The van der Waals surface area contributed by atoms with Gasteiger partial charge < -0.3 is 10.1 Å². The first kappa shape index (κ1) is 20.6. The molecule has 0 aliphatic heterocycles. The molecule has 150 valence electrons. The second-order valence-electron chi connectivity index (χ2n) is 6.55. The van der Waals surface area contributed by atoms with E-state index in [9.17, 15) is 13.2 Å². The van der Waals surface area contributed by atoms with Crippen LogP contribution in [0.25, 0.3) is 11.1 Å². The van der Waals surface area contributed by atoms with Crippen molar-refractivity contribution < 1.29 is 17.9 Å². The van der Waals surface area contributed by atoms with Crippen LogP contribution in [0.5, 0.6) is 5.75 Å². The van der Waals surface area contributed by atoms with Gasteiger partial charge >= 0.3 is 0 Å². The van der Waals surface area contributed by atoms with Gasteiger partial charge in [0, 0.05) is 25.3 Å². The number of anilines is 1. The molecule has 3 aromatic rings. The zero-order valence-electron chi connectivity index (χ0n) is 16.4. The predicted molar refractivity (Wildman–Crippen MR) is 114 cm³/mol. The quantitative estimate of drug-likeness (QED) is 0.669. The van der Waals surface area contributed by atoms with Gasteiger partial charge in [0.05, 0.1) is 7.11 Å². The summed E-state index contributed by atoms with van der Waals surface area (Å²) in [4.78, 5) is 12.6. The number of ether oxygens (including phenoxy) is 1. The van der Waals surface area contributed by atoms with Crippen molar-refractivity contribution in [1.29, 1.82) is 0 Å². The van der Waals surface area contributed by atoms with Gasteiger partial charge in [-0.15, -0.1) is 0 Å². The van der Waals surface area contributed by atoms with E-state index < -0.39 is 15.9 Å². The number of sulfonamides is 1. The number of hydrogen-bond donors (Lipinski definition) is 1. The summed E-state index contributed by atoms with van der Waals surface area (Å²) in [5.74, 6) is -0.224. The summed E-state index contributed by atoms with van der Waals surface area (Å²) in [5.41, 5.74) is 2.95. The van der Waals surface area contributed by atoms with E-state index in [1.807, 2.05) is 42.5 Å². The highest BCUT2D eigenvalue weighted by atomic mass is 32.2. The number of nitrogens with zero attached hydrogens (tertiary/aromatic N) is 1. The third-order valence-electron chi connectivity index (χ3n) is 4.43. The Labute approximate surface area is 170 Å². The number of benzene rings is 3. The first-order valence-corrected chi connectivity index (χ1v) is 10.3. The van der Waals surface area contributed by atoms with Crippen LogP contribution in [0.1, 0.15) is 10.4 Å². The van der Waals surface area contributed by atoms with Gasteiger partial charge in [-0.25, -0.2) is 12.7 Å². The zero-order valence-corrected chi connectivity index (χ0v) is 17.2. The van der Waals surface area contributed by atoms with Gasteiger partial charge in [0.1, 0.15) is 10.6 Å². The van der Waals surface area contributed by atoms with Crippen molar-refractivity contribution in [3.63, 3.8) is 0 Å². The second-order valence-corrected chi connectivity index (χ2v) is 8.67. The van der Waals surface area contributed by atoms with Crippen molar-refractivity contribution in [1.82, 2.24) is 4.31 Å². The Kier molecular flexibility index (Phi) is 6.00. The molecule has 3 rings (SSSR count). The van der Waals surface area contributed by atoms with E-state index in [4.69, 9.17) is 4.74 Å². The largest absolute Gasteiger partial charge is 0.495 e. The van der Waals surface area contributed by atoms with E-state index in [0.717, 1.165) is 15.4 Å². The van der Waals surface area contributed by atoms with Gasteiger partial charge in [0.2, 0.25) is 10.0 Å². The van der Waals surface area contributed by atoms with Crippen LogP contribution in [-0.4, -0.2) is 39.8 Å². The minimum Gasteiger partial charge on any atom is -0.495 e. The fraction of sp³-hybridized carbons (Fsp3) is 0.136. The number of carbonyl (C=O) groups excluding carboxylic acids is 1. The molecule has 6 nitrogen and oxygen atoms in total. The summed E-state index contributed by atoms with van der Waals surface area (Å²) in [6, 6.07) is 21.7. The van der Waals surface area contributed by atoms with Gasteiger partial charge in [0.15, 0.2) is 0 Å². The third-order valence-corrected chi connectivity index (χ3v) is 6.27. The SMILES string of the molecule is COc1ccc(C(=O)Nc2ccc(-c3ccccc3)cc2)cc1S(=O)(=O)N(C)C. The molecule has 0 radical (unpaired) electrons. The predicted octanol–water partition coefficient (Wildman–Crippen LogP) is 3.86. The van der Waals surface area contributed by atoms with Crippen molar-refractivity contribution in [3.8, 4) is 16.9 Å². The summed E-state index contributed by atoms with van der Waals surface area (Å²) in [6.45, 7) is 0. The Morgan fingerprint density at radius 1 is 0.897 bits per heavy atom. The number of carbonyl (C=O) groups is 1. The zero-order chi connectivity index (χ0) is 21.0. The molecule has 0 atom stereocenters. The van der Waals surface area contributed by atoms with Crippen LogP contribution in [0.15, 0.2) is 77.7 Å². The highest BCUT2D eigenvalue weighted by Crippen LogP contribution is 2.27. The van der Waals surface area contributed by atoms with Crippen molar-refractivity contribution in [2.75, 3.05) is 26.5 Å². The highest BCUT2D eigenvalue weighted by molar-refractivity contribution is 7.89. The number of rotatable bonds is 6. The van der Waals surface area contributed by atoms with Gasteiger partial charge in [0.25, 0.3) is 5.91 Å². The summed E-state index contributed by atoms with van der Waals surface area (Å²) in [7, 11) is 0.483. The van der Waals surface area contributed by atoms with E-state index in [-0.39, 0.29) is 16.2 Å². The van der Waals surface area contributed by atoms with Gasteiger partial charge in [-0.05, 0) is 41.5 Å². The number of hydrogen-bond acceptors (Lipinski definition) is 4. The van der Waals surface area contributed by atoms with Crippen LogP contribution in [0.4, 0.5) is 5.69 Å². The van der Waals surface area contributed by atoms with Crippen molar-refractivity contribution in [3.05, 3.63) is 78.4 Å². The Morgan fingerprint density at radius 3 is 2.10 bits per heavy atom. The molecule has 7 heteroatoms. The Morgan fingerprint density at radius 2 is 1.52 bits per heavy atom. The van der Waals surface area contributed by atoms with Crippen molar-refractivity contribution >= 4 is 21.6 Å². The van der Waals surface area contributed by atoms with Crippen molar-refractivity contribution in [2.45, 2.75) is 4.90 Å². The van der Waals surface area contributed by atoms with Crippen molar-refractivity contribution in [2.24, 2.45) is 0 Å². The smallest absolute Gasteiger partial charge is 0.255 e. The minimum atomic E-state index is -3.76. The lowest BCUT2D eigenvalue weighted by Crippen LogP contribution is -2.23. The fourth-order valence-electron chi connectivity index (χ4n) is 2.80. The summed E-state index contributed by atoms with van der Waals surface area (Å²) in [5, 5.41) is 2.79. The molecule has 0 aromatic heterocycles. The second kappa shape index (κ2) is 8.46. The van der Waals surface area contributed by atoms with Gasteiger partial charge in [-0.2, -0.15) is 0 Å². The molecule has 0 aliphatic rings. The van der Waals surface area contributed by atoms with Gasteiger partial charge in [-0.3, -0.25) is 4.79 Å². The van der Waals surface area contributed by atoms with Crippen LogP contribution in [0.2, 0.25) is 0 Å². The molecule has 0 unspecified atom stereocenters.